The van der Waals surface area contributed by atoms with E-state index in [1.807, 2.05) is 30.3 Å². The van der Waals surface area contributed by atoms with Gasteiger partial charge in [-0.15, -0.1) is 0 Å². The van der Waals surface area contributed by atoms with Gasteiger partial charge in [0, 0.05) is 42.5 Å². The van der Waals surface area contributed by atoms with Crippen molar-refractivity contribution >= 4 is 5.91 Å². The average Bonchev–Trinajstić information content (AvgIpc) is 2.95. The number of pyridine rings is 1. The highest BCUT2D eigenvalue weighted by Crippen LogP contribution is 2.25. The molecule has 27 heavy (non-hydrogen) atoms. The van der Waals surface area contributed by atoms with Crippen molar-refractivity contribution in [2.24, 2.45) is 0 Å². The summed E-state index contributed by atoms with van der Waals surface area (Å²) in [6.07, 6.45) is 6.43. The fourth-order valence-corrected chi connectivity index (χ4v) is 2.99. The van der Waals surface area contributed by atoms with Crippen molar-refractivity contribution in [2.45, 2.75) is 13.2 Å². The fourth-order valence-electron chi connectivity index (χ4n) is 2.99. The lowest BCUT2D eigenvalue weighted by atomic mass is 10.1. The SMILES string of the molecule is O=C(c1cnc(-c2ccncc2)nc1)N1CCOc2ccc(CO)cc2C1. The van der Waals surface area contributed by atoms with Gasteiger partial charge in [-0.3, -0.25) is 9.78 Å². The van der Waals surface area contributed by atoms with Crippen LogP contribution in [0.1, 0.15) is 21.5 Å². The number of carbonyl (C=O) groups is 1. The lowest BCUT2D eigenvalue weighted by molar-refractivity contribution is 0.0732. The predicted octanol–water partition coefficient (Wildman–Crippen LogP) is 2.07. The predicted molar refractivity (Wildman–Crippen MR) is 97.9 cm³/mol. The fraction of sp³-hybridized carbons (Fsp3) is 0.200. The Hall–Kier alpha value is -3.32. The molecule has 0 saturated heterocycles. The first-order chi connectivity index (χ1) is 13.2. The normalized spacial score (nSPS) is 13.4. The first-order valence-corrected chi connectivity index (χ1v) is 8.62. The van der Waals surface area contributed by atoms with Gasteiger partial charge in [-0.2, -0.15) is 0 Å². The van der Waals surface area contributed by atoms with Gasteiger partial charge in [0.25, 0.3) is 5.91 Å². The number of nitrogens with zero attached hydrogens (tertiary/aromatic N) is 4. The van der Waals surface area contributed by atoms with Crippen LogP contribution in [0.4, 0.5) is 0 Å². The van der Waals surface area contributed by atoms with Crippen LogP contribution in [-0.4, -0.2) is 44.0 Å². The zero-order chi connectivity index (χ0) is 18.6. The van der Waals surface area contributed by atoms with E-state index in [1.165, 1.54) is 0 Å². The molecule has 0 fully saturated rings. The average molecular weight is 362 g/mol. The van der Waals surface area contributed by atoms with E-state index in [1.54, 1.807) is 29.7 Å². The van der Waals surface area contributed by atoms with Crippen molar-refractivity contribution in [2.75, 3.05) is 13.2 Å². The second kappa shape index (κ2) is 7.51. The molecule has 3 aromatic rings. The van der Waals surface area contributed by atoms with E-state index in [2.05, 4.69) is 15.0 Å². The maximum Gasteiger partial charge on any atom is 0.257 e. The van der Waals surface area contributed by atoms with Crippen molar-refractivity contribution in [1.29, 1.82) is 0 Å². The number of benzene rings is 1. The van der Waals surface area contributed by atoms with Gasteiger partial charge < -0.3 is 14.7 Å². The molecule has 1 aromatic carbocycles. The molecule has 0 bridgehead atoms. The van der Waals surface area contributed by atoms with E-state index in [9.17, 15) is 9.90 Å². The van der Waals surface area contributed by atoms with Gasteiger partial charge in [-0.1, -0.05) is 6.07 Å². The minimum absolute atomic E-state index is 0.0501. The Balaban J connectivity index is 1.55. The first-order valence-electron chi connectivity index (χ1n) is 8.62. The number of aromatic nitrogens is 3. The number of hydrogen-bond donors (Lipinski definition) is 1. The van der Waals surface area contributed by atoms with E-state index in [0.29, 0.717) is 31.1 Å². The number of hydrogen-bond acceptors (Lipinski definition) is 6. The number of fused-ring (bicyclic) bond motifs is 1. The lowest BCUT2D eigenvalue weighted by Gasteiger charge is -2.19. The summed E-state index contributed by atoms with van der Waals surface area (Å²) < 4.78 is 5.73. The number of carbonyl (C=O) groups excluding carboxylic acids is 1. The number of rotatable bonds is 3. The summed E-state index contributed by atoms with van der Waals surface area (Å²) in [4.78, 5) is 27.2. The Kier molecular flexibility index (Phi) is 4.76. The molecule has 0 aliphatic carbocycles. The van der Waals surface area contributed by atoms with Crippen LogP contribution in [0.2, 0.25) is 0 Å². The van der Waals surface area contributed by atoms with Crippen LogP contribution in [0.5, 0.6) is 5.75 Å². The molecule has 1 amide bonds. The van der Waals surface area contributed by atoms with Gasteiger partial charge in [0.2, 0.25) is 0 Å². The highest BCUT2D eigenvalue weighted by atomic mass is 16.5. The molecule has 0 radical (unpaired) electrons. The molecule has 0 spiro atoms. The highest BCUT2D eigenvalue weighted by molar-refractivity contribution is 5.93. The van der Waals surface area contributed by atoms with Gasteiger partial charge in [0.05, 0.1) is 18.7 Å². The van der Waals surface area contributed by atoms with Crippen molar-refractivity contribution in [3.8, 4) is 17.1 Å². The Labute approximate surface area is 156 Å². The van der Waals surface area contributed by atoms with Crippen LogP contribution in [0.25, 0.3) is 11.4 Å². The van der Waals surface area contributed by atoms with Gasteiger partial charge in [0.15, 0.2) is 5.82 Å². The Morgan fingerprint density at radius 1 is 1.15 bits per heavy atom. The van der Waals surface area contributed by atoms with Crippen molar-refractivity contribution < 1.29 is 14.6 Å². The smallest absolute Gasteiger partial charge is 0.257 e. The van der Waals surface area contributed by atoms with Crippen molar-refractivity contribution in [3.63, 3.8) is 0 Å². The van der Waals surface area contributed by atoms with Gasteiger partial charge >= 0.3 is 0 Å². The third-order valence-corrected chi connectivity index (χ3v) is 4.41. The van der Waals surface area contributed by atoms with E-state index < -0.39 is 0 Å². The van der Waals surface area contributed by atoms with E-state index in [4.69, 9.17) is 4.74 Å². The van der Waals surface area contributed by atoms with Crippen LogP contribution < -0.4 is 4.74 Å². The molecular formula is C20H18N4O3. The second-order valence-corrected chi connectivity index (χ2v) is 6.21. The maximum absolute atomic E-state index is 12.9. The quantitative estimate of drug-likeness (QED) is 0.767. The van der Waals surface area contributed by atoms with E-state index in [-0.39, 0.29) is 12.5 Å². The molecule has 3 heterocycles. The minimum Gasteiger partial charge on any atom is -0.491 e. The van der Waals surface area contributed by atoms with Gasteiger partial charge in [0.1, 0.15) is 12.4 Å². The number of aliphatic hydroxyl groups excluding tert-OH is 1. The first kappa shape index (κ1) is 17.1. The van der Waals surface area contributed by atoms with Gasteiger partial charge in [-0.25, -0.2) is 9.97 Å². The molecule has 0 atom stereocenters. The van der Waals surface area contributed by atoms with Crippen LogP contribution in [0, 0.1) is 0 Å². The highest BCUT2D eigenvalue weighted by Gasteiger charge is 2.22. The zero-order valence-electron chi connectivity index (χ0n) is 14.6. The summed E-state index contributed by atoms with van der Waals surface area (Å²) in [5, 5.41) is 9.34. The summed E-state index contributed by atoms with van der Waals surface area (Å²) in [6.45, 7) is 1.24. The molecule has 7 nitrogen and oxygen atoms in total. The van der Waals surface area contributed by atoms with Crippen molar-refractivity contribution in [1.82, 2.24) is 19.9 Å². The zero-order valence-corrected chi connectivity index (χ0v) is 14.6. The van der Waals surface area contributed by atoms with Gasteiger partial charge in [-0.05, 0) is 29.8 Å². The molecule has 1 aliphatic rings. The van der Waals surface area contributed by atoms with E-state index >= 15 is 0 Å². The second-order valence-electron chi connectivity index (χ2n) is 6.21. The standard InChI is InChI=1S/C20H18N4O3/c25-13-14-1-2-18-16(9-14)12-24(7-8-27-18)20(26)17-10-22-19(23-11-17)15-3-5-21-6-4-15/h1-6,9-11,25H,7-8,12-13H2. The Bertz CT molecular complexity index is 945. The minimum atomic E-state index is -0.151. The molecule has 136 valence electrons. The topological polar surface area (TPSA) is 88.4 Å². The number of amides is 1. The summed E-state index contributed by atoms with van der Waals surface area (Å²) in [7, 11) is 0. The largest absolute Gasteiger partial charge is 0.491 e. The molecular weight excluding hydrogens is 344 g/mol. The Morgan fingerprint density at radius 2 is 1.93 bits per heavy atom. The summed E-state index contributed by atoms with van der Waals surface area (Å²) >= 11 is 0. The van der Waals surface area contributed by atoms with Crippen molar-refractivity contribution in [3.05, 3.63) is 71.8 Å². The molecule has 2 aromatic heterocycles. The van der Waals surface area contributed by atoms with Crippen LogP contribution >= 0.6 is 0 Å². The van der Waals surface area contributed by atoms with Crippen LogP contribution in [-0.2, 0) is 13.2 Å². The molecule has 1 aliphatic heterocycles. The third kappa shape index (κ3) is 3.63. The monoisotopic (exact) mass is 362 g/mol. The third-order valence-electron chi connectivity index (χ3n) is 4.41. The maximum atomic E-state index is 12.9. The molecule has 1 N–H and O–H groups in total. The summed E-state index contributed by atoms with van der Waals surface area (Å²) in [6, 6.07) is 9.16. The molecule has 0 unspecified atom stereocenters. The number of ether oxygens (including phenoxy) is 1. The van der Waals surface area contributed by atoms with Crippen LogP contribution in [0.3, 0.4) is 0 Å². The molecule has 0 saturated carbocycles. The summed E-state index contributed by atoms with van der Waals surface area (Å²) in [5.41, 5.74) is 2.94. The molecule has 7 heteroatoms. The Morgan fingerprint density at radius 3 is 2.67 bits per heavy atom. The molecule has 4 rings (SSSR count). The lowest BCUT2D eigenvalue weighted by Crippen LogP contribution is -2.32. The van der Waals surface area contributed by atoms with E-state index in [0.717, 1.165) is 22.4 Å². The van der Waals surface area contributed by atoms with Crippen LogP contribution in [0.15, 0.2) is 55.1 Å². The number of aliphatic hydroxyl groups is 1. The summed E-state index contributed by atoms with van der Waals surface area (Å²) in [5.74, 6) is 1.14.